The molecular formula is C14H15FN2O. The van der Waals surface area contributed by atoms with Crippen LogP contribution in [0.25, 0.3) is 0 Å². The van der Waals surface area contributed by atoms with Crippen LogP contribution in [0, 0.1) is 12.7 Å². The Morgan fingerprint density at radius 3 is 2.72 bits per heavy atom. The molecule has 0 spiro atoms. The van der Waals surface area contributed by atoms with E-state index in [1.807, 2.05) is 19.9 Å². The summed E-state index contributed by atoms with van der Waals surface area (Å²) < 4.78 is 18.6. The average molecular weight is 246 g/mol. The van der Waals surface area contributed by atoms with E-state index in [-0.39, 0.29) is 11.9 Å². The number of hydrogen-bond donors (Lipinski definition) is 1. The molecule has 0 aliphatic heterocycles. The molecule has 0 aliphatic carbocycles. The fraction of sp³-hybridized carbons (Fsp3) is 0.214. The summed E-state index contributed by atoms with van der Waals surface area (Å²) in [5.41, 5.74) is 7.59. The minimum absolute atomic E-state index is 0.0700. The van der Waals surface area contributed by atoms with Crippen molar-refractivity contribution in [1.29, 1.82) is 0 Å². The number of nitrogens with two attached hydrogens (primary N) is 1. The van der Waals surface area contributed by atoms with Crippen LogP contribution >= 0.6 is 0 Å². The van der Waals surface area contributed by atoms with Gasteiger partial charge in [0.2, 0.25) is 5.88 Å². The van der Waals surface area contributed by atoms with E-state index in [1.165, 1.54) is 12.1 Å². The SMILES string of the molecule is Cc1cc(C(C)N)cnc1Oc1cccc(F)c1. The Morgan fingerprint density at radius 2 is 2.11 bits per heavy atom. The summed E-state index contributed by atoms with van der Waals surface area (Å²) in [5, 5.41) is 0. The number of ether oxygens (including phenoxy) is 1. The number of pyridine rings is 1. The van der Waals surface area contributed by atoms with Crippen LogP contribution in [0.5, 0.6) is 11.6 Å². The van der Waals surface area contributed by atoms with E-state index in [4.69, 9.17) is 10.5 Å². The Bertz CT molecular complexity index is 555. The summed E-state index contributed by atoms with van der Waals surface area (Å²) in [6.07, 6.45) is 1.67. The molecule has 0 radical (unpaired) electrons. The molecule has 1 aromatic carbocycles. The maximum absolute atomic E-state index is 13.0. The van der Waals surface area contributed by atoms with Gasteiger partial charge in [-0.25, -0.2) is 9.37 Å². The van der Waals surface area contributed by atoms with E-state index < -0.39 is 0 Å². The number of nitrogens with zero attached hydrogens (tertiary/aromatic N) is 1. The highest BCUT2D eigenvalue weighted by Gasteiger charge is 2.07. The molecule has 2 N–H and O–H groups in total. The van der Waals surface area contributed by atoms with Gasteiger partial charge in [0, 0.05) is 23.9 Å². The average Bonchev–Trinajstić information content (AvgIpc) is 2.31. The van der Waals surface area contributed by atoms with Gasteiger partial charge in [0.25, 0.3) is 0 Å². The molecule has 1 heterocycles. The van der Waals surface area contributed by atoms with Gasteiger partial charge in [0.1, 0.15) is 11.6 Å². The molecule has 0 amide bonds. The van der Waals surface area contributed by atoms with E-state index in [9.17, 15) is 4.39 Å². The molecule has 0 aliphatic rings. The number of aryl methyl sites for hydroxylation is 1. The first-order valence-corrected chi connectivity index (χ1v) is 5.72. The molecule has 18 heavy (non-hydrogen) atoms. The second-order valence-corrected chi connectivity index (χ2v) is 4.24. The molecule has 1 unspecified atom stereocenters. The van der Waals surface area contributed by atoms with Crippen LogP contribution < -0.4 is 10.5 Å². The van der Waals surface area contributed by atoms with Crippen molar-refractivity contribution in [3.05, 3.63) is 53.5 Å². The molecule has 1 atom stereocenters. The van der Waals surface area contributed by atoms with E-state index in [2.05, 4.69) is 4.98 Å². The number of aromatic nitrogens is 1. The zero-order valence-electron chi connectivity index (χ0n) is 10.4. The van der Waals surface area contributed by atoms with Crippen molar-refractivity contribution < 1.29 is 9.13 Å². The molecule has 0 bridgehead atoms. The summed E-state index contributed by atoms with van der Waals surface area (Å²) in [5.74, 6) is 0.557. The second kappa shape index (κ2) is 5.14. The van der Waals surface area contributed by atoms with E-state index in [0.29, 0.717) is 11.6 Å². The Labute approximate surface area is 105 Å². The highest BCUT2D eigenvalue weighted by atomic mass is 19.1. The zero-order chi connectivity index (χ0) is 13.1. The monoisotopic (exact) mass is 246 g/mol. The predicted octanol–water partition coefficient (Wildman–Crippen LogP) is 3.34. The van der Waals surface area contributed by atoms with E-state index >= 15 is 0 Å². The summed E-state index contributed by atoms with van der Waals surface area (Å²) in [6.45, 7) is 3.77. The first-order valence-electron chi connectivity index (χ1n) is 5.72. The van der Waals surface area contributed by atoms with Crippen molar-refractivity contribution in [2.75, 3.05) is 0 Å². The van der Waals surface area contributed by atoms with Crippen LogP contribution in [-0.2, 0) is 0 Å². The Balaban J connectivity index is 2.24. The Hall–Kier alpha value is -1.94. The highest BCUT2D eigenvalue weighted by Crippen LogP contribution is 2.24. The van der Waals surface area contributed by atoms with Crippen molar-refractivity contribution >= 4 is 0 Å². The minimum Gasteiger partial charge on any atom is -0.439 e. The smallest absolute Gasteiger partial charge is 0.222 e. The van der Waals surface area contributed by atoms with Crippen LogP contribution in [0.2, 0.25) is 0 Å². The molecule has 0 saturated carbocycles. The first-order chi connectivity index (χ1) is 8.56. The lowest BCUT2D eigenvalue weighted by molar-refractivity contribution is 0.453. The van der Waals surface area contributed by atoms with Gasteiger partial charge < -0.3 is 10.5 Å². The van der Waals surface area contributed by atoms with Crippen LogP contribution in [-0.4, -0.2) is 4.98 Å². The van der Waals surface area contributed by atoms with Crippen molar-refractivity contribution in [2.24, 2.45) is 5.73 Å². The van der Waals surface area contributed by atoms with Crippen LogP contribution in [0.3, 0.4) is 0 Å². The van der Waals surface area contributed by atoms with Crippen LogP contribution in [0.15, 0.2) is 36.5 Å². The third-order valence-electron chi connectivity index (χ3n) is 2.59. The maximum atomic E-state index is 13.0. The largest absolute Gasteiger partial charge is 0.439 e. The molecule has 1 aromatic heterocycles. The third kappa shape index (κ3) is 2.84. The molecule has 0 saturated heterocycles. The van der Waals surface area contributed by atoms with Gasteiger partial charge in [0.15, 0.2) is 0 Å². The normalized spacial score (nSPS) is 12.2. The molecular weight excluding hydrogens is 231 g/mol. The minimum atomic E-state index is -0.336. The standard InChI is InChI=1S/C14H15FN2O/c1-9-6-11(10(2)16)8-17-14(9)18-13-5-3-4-12(15)7-13/h3-8,10H,16H2,1-2H3. The van der Waals surface area contributed by atoms with E-state index in [0.717, 1.165) is 11.1 Å². The number of hydrogen-bond acceptors (Lipinski definition) is 3. The number of benzene rings is 1. The molecule has 2 rings (SSSR count). The van der Waals surface area contributed by atoms with Crippen LogP contribution in [0.1, 0.15) is 24.1 Å². The Morgan fingerprint density at radius 1 is 1.33 bits per heavy atom. The predicted molar refractivity (Wildman–Crippen MR) is 68.1 cm³/mol. The second-order valence-electron chi connectivity index (χ2n) is 4.24. The Kier molecular flexibility index (Phi) is 3.58. The lowest BCUT2D eigenvalue weighted by Gasteiger charge is -2.10. The topological polar surface area (TPSA) is 48.1 Å². The van der Waals surface area contributed by atoms with Gasteiger partial charge in [-0.2, -0.15) is 0 Å². The first kappa shape index (κ1) is 12.5. The van der Waals surface area contributed by atoms with Crippen molar-refractivity contribution in [3.63, 3.8) is 0 Å². The van der Waals surface area contributed by atoms with Gasteiger partial charge >= 0.3 is 0 Å². The number of rotatable bonds is 3. The number of halogens is 1. The van der Waals surface area contributed by atoms with Gasteiger partial charge in [-0.15, -0.1) is 0 Å². The van der Waals surface area contributed by atoms with Crippen LogP contribution in [0.4, 0.5) is 4.39 Å². The van der Waals surface area contributed by atoms with Crippen molar-refractivity contribution in [2.45, 2.75) is 19.9 Å². The lowest BCUT2D eigenvalue weighted by atomic mass is 10.1. The summed E-state index contributed by atoms with van der Waals surface area (Å²) >= 11 is 0. The summed E-state index contributed by atoms with van der Waals surface area (Å²) in [7, 11) is 0. The summed E-state index contributed by atoms with van der Waals surface area (Å²) in [6, 6.07) is 7.82. The quantitative estimate of drug-likeness (QED) is 0.903. The van der Waals surface area contributed by atoms with Gasteiger partial charge in [-0.05, 0) is 37.6 Å². The van der Waals surface area contributed by atoms with Crippen molar-refractivity contribution in [1.82, 2.24) is 4.98 Å². The van der Waals surface area contributed by atoms with Gasteiger partial charge in [0.05, 0.1) is 0 Å². The highest BCUT2D eigenvalue weighted by molar-refractivity contribution is 5.34. The van der Waals surface area contributed by atoms with E-state index in [1.54, 1.807) is 18.3 Å². The fourth-order valence-corrected chi connectivity index (χ4v) is 1.58. The third-order valence-corrected chi connectivity index (χ3v) is 2.59. The molecule has 94 valence electrons. The fourth-order valence-electron chi connectivity index (χ4n) is 1.58. The molecule has 0 fully saturated rings. The van der Waals surface area contributed by atoms with Gasteiger partial charge in [-0.3, -0.25) is 0 Å². The zero-order valence-corrected chi connectivity index (χ0v) is 10.4. The lowest BCUT2D eigenvalue weighted by Crippen LogP contribution is -2.06. The molecule has 4 heteroatoms. The summed E-state index contributed by atoms with van der Waals surface area (Å²) in [4.78, 5) is 4.20. The molecule has 2 aromatic rings. The van der Waals surface area contributed by atoms with Gasteiger partial charge in [-0.1, -0.05) is 6.07 Å². The van der Waals surface area contributed by atoms with Crippen molar-refractivity contribution in [3.8, 4) is 11.6 Å². The maximum Gasteiger partial charge on any atom is 0.222 e. The molecule has 3 nitrogen and oxygen atoms in total.